The van der Waals surface area contributed by atoms with Gasteiger partial charge in [0.2, 0.25) is 0 Å². The number of allylic oxidation sites excluding steroid dienone is 1. The zero-order chi connectivity index (χ0) is 8.91. The Kier molecular flexibility index (Phi) is 4.43. The van der Waals surface area contributed by atoms with E-state index < -0.39 is 0 Å². The molecular weight excluding hydrogens is 134 g/mol. The Morgan fingerprint density at radius 2 is 1.91 bits per heavy atom. The Morgan fingerprint density at radius 1 is 1.36 bits per heavy atom. The molecule has 66 valence electrons. The molecule has 0 rings (SSSR count). The second-order valence-electron chi connectivity index (χ2n) is 4.29. The van der Waals surface area contributed by atoms with Crippen LogP contribution in [0.5, 0.6) is 0 Å². The Balaban J connectivity index is 3.54. The normalized spacial score (nSPS) is 15.7. The van der Waals surface area contributed by atoms with Gasteiger partial charge in [0.05, 0.1) is 0 Å². The maximum atomic E-state index is 5.80. The van der Waals surface area contributed by atoms with E-state index >= 15 is 0 Å². The Hall–Kier alpha value is -0.300. The van der Waals surface area contributed by atoms with E-state index in [0.29, 0.717) is 5.41 Å². The van der Waals surface area contributed by atoms with E-state index in [1.807, 2.05) is 13.0 Å². The molecule has 0 spiro atoms. The van der Waals surface area contributed by atoms with E-state index in [0.717, 1.165) is 6.42 Å². The summed E-state index contributed by atoms with van der Waals surface area (Å²) in [7, 11) is 0. The summed E-state index contributed by atoms with van der Waals surface area (Å²) in [5.41, 5.74) is 6.22. The van der Waals surface area contributed by atoms with Gasteiger partial charge in [-0.15, -0.1) is 0 Å². The highest BCUT2D eigenvalue weighted by Crippen LogP contribution is 2.21. The van der Waals surface area contributed by atoms with Crippen molar-refractivity contribution in [3.63, 3.8) is 0 Å². The van der Waals surface area contributed by atoms with Crippen LogP contribution in [0.15, 0.2) is 12.2 Å². The molecule has 0 aliphatic rings. The molecule has 0 saturated heterocycles. The van der Waals surface area contributed by atoms with Gasteiger partial charge in [-0.3, -0.25) is 0 Å². The minimum atomic E-state index is 0.249. The summed E-state index contributed by atoms with van der Waals surface area (Å²) < 4.78 is 0. The van der Waals surface area contributed by atoms with Gasteiger partial charge in [0.25, 0.3) is 0 Å². The summed E-state index contributed by atoms with van der Waals surface area (Å²) in [4.78, 5) is 0. The maximum Gasteiger partial charge on any atom is 0.0223 e. The van der Waals surface area contributed by atoms with Gasteiger partial charge in [0.15, 0.2) is 0 Å². The van der Waals surface area contributed by atoms with Crippen molar-refractivity contribution in [2.45, 2.75) is 46.6 Å². The first-order valence-corrected chi connectivity index (χ1v) is 4.34. The number of hydrogen-bond donors (Lipinski definition) is 1. The van der Waals surface area contributed by atoms with Crippen molar-refractivity contribution in [2.24, 2.45) is 11.1 Å². The van der Waals surface area contributed by atoms with Crippen LogP contribution in [0.25, 0.3) is 0 Å². The molecule has 0 bridgehead atoms. The Labute approximate surface area is 70.7 Å². The first-order valence-electron chi connectivity index (χ1n) is 4.34. The van der Waals surface area contributed by atoms with Gasteiger partial charge in [-0.05, 0) is 25.2 Å². The van der Waals surface area contributed by atoms with E-state index in [2.05, 4.69) is 26.8 Å². The lowest BCUT2D eigenvalue weighted by molar-refractivity contribution is 0.358. The Bertz CT molecular complexity index is 119. The van der Waals surface area contributed by atoms with Gasteiger partial charge in [0, 0.05) is 6.04 Å². The van der Waals surface area contributed by atoms with Crippen molar-refractivity contribution in [1.82, 2.24) is 0 Å². The molecule has 0 amide bonds. The number of rotatable bonds is 3. The molecule has 2 N–H and O–H groups in total. The Morgan fingerprint density at radius 3 is 2.27 bits per heavy atom. The lowest BCUT2D eigenvalue weighted by Crippen LogP contribution is -2.19. The fourth-order valence-corrected chi connectivity index (χ4v) is 0.943. The summed E-state index contributed by atoms with van der Waals surface area (Å²) in [5.74, 6) is 0. The standard InChI is InChI=1S/C10H21N/c1-5-6-9(11)7-8-10(2,3)4/h5-6,9H,7-8,11H2,1-4H3/b6-5-. The number of nitrogens with two attached hydrogens (primary N) is 1. The molecule has 0 aromatic heterocycles. The lowest BCUT2D eigenvalue weighted by Gasteiger charge is -2.19. The van der Waals surface area contributed by atoms with E-state index in [4.69, 9.17) is 5.73 Å². The molecule has 1 atom stereocenters. The van der Waals surface area contributed by atoms with Gasteiger partial charge in [-0.25, -0.2) is 0 Å². The topological polar surface area (TPSA) is 26.0 Å². The fraction of sp³-hybridized carbons (Fsp3) is 0.800. The van der Waals surface area contributed by atoms with Crippen molar-refractivity contribution in [3.8, 4) is 0 Å². The fourth-order valence-electron chi connectivity index (χ4n) is 0.943. The van der Waals surface area contributed by atoms with Crippen LogP contribution in [-0.2, 0) is 0 Å². The predicted molar refractivity (Wildman–Crippen MR) is 51.5 cm³/mol. The molecule has 0 fully saturated rings. The molecule has 0 aliphatic carbocycles. The van der Waals surface area contributed by atoms with Gasteiger partial charge in [0.1, 0.15) is 0 Å². The van der Waals surface area contributed by atoms with Gasteiger partial charge >= 0.3 is 0 Å². The average Bonchev–Trinajstić information content (AvgIpc) is 1.83. The number of hydrogen-bond acceptors (Lipinski definition) is 1. The van der Waals surface area contributed by atoms with Crippen molar-refractivity contribution >= 4 is 0 Å². The average molecular weight is 155 g/mol. The second-order valence-corrected chi connectivity index (χ2v) is 4.29. The summed E-state index contributed by atoms with van der Waals surface area (Å²) in [5, 5.41) is 0. The molecule has 1 unspecified atom stereocenters. The van der Waals surface area contributed by atoms with Gasteiger partial charge < -0.3 is 5.73 Å². The van der Waals surface area contributed by atoms with Crippen LogP contribution >= 0.6 is 0 Å². The van der Waals surface area contributed by atoms with E-state index in [1.165, 1.54) is 6.42 Å². The maximum absolute atomic E-state index is 5.80. The SMILES string of the molecule is C/C=C\C(N)CCC(C)(C)C. The molecule has 0 aromatic carbocycles. The molecule has 0 radical (unpaired) electrons. The molecule has 11 heavy (non-hydrogen) atoms. The van der Waals surface area contributed by atoms with Crippen molar-refractivity contribution in [1.29, 1.82) is 0 Å². The molecule has 1 nitrogen and oxygen atoms in total. The minimum absolute atomic E-state index is 0.249. The van der Waals surface area contributed by atoms with Crippen LogP contribution < -0.4 is 5.73 Å². The smallest absolute Gasteiger partial charge is 0.0223 e. The third-order valence-corrected chi connectivity index (χ3v) is 1.67. The van der Waals surface area contributed by atoms with E-state index in [1.54, 1.807) is 0 Å². The lowest BCUT2D eigenvalue weighted by atomic mass is 9.89. The van der Waals surface area contributed by atoms with E-state index in [-0.39, 0.29) is 6.04 Å². The zero-order valence-electron chi connectivity index (χ0n) is 8.22. The van der Waals surface area contributed by atoms with Crippen molar-refractivity contribution in [2.75, 3.05) is 0 Å². The van der Waals surface area contributed by atoms with E-state index in [9.17, 15) is 0 Å². The van der Waals surface area contributed by atoms with Crippen LogP contribution in [0.2, 0.25) is 0 Å². The summed E-state index contributed by atoms with van der Waals surface area (Å²) in [6.45, 7) is 8.75. The van der Waals surface area contributed by atoms with Crippen molar-refractivity contribution < 1.29 is 0 Å². The predicted octanol–water partition coefficient (Wildman–Crippen LogP) is 2.72. The largest absolute Gasteiger partial charge is 0.324 e. The second kappa shape index (κ2) is 4.55. The highest BCUT2D eigenvalue weighted by atomic mass is 14.6. The van der Waals surface area contributed by atoms with Crippen LogP contribution in [0.4, 0.5) is 0 Å². The zero-order valence-corrected chi connectivity index (χ0v) is 8.22. The minimum Gasteiger partial charge on any atom is -0.324 e. The summed E-state index contributed by atoms with van der Waals surface area (Å²) in [6.07, 6.45) is 6.37. The monoisotopic (exact) mass is 155 g/mol. The molecule has 0 heterocycles. The van der Waals surface area contributed by atoms with Crippen molar-refractivity contribution in [3.05, 3.63) is 12.2 Å². The van der Waals surface area contributed by atoms with Crippen LogP contribution in [0, 0.1) is 5.41 Å². The van der Waals surface area contributed by atoms with Crippen LogP contribution in [0.1, 0.15) is 40.5 Å². The summed E-state index contributed by atoms with van der Waals surface area (Å²) in [6, 6.07) is 0.249. The summed E-state index contributed by atoms with van der Waals surface area (Å²) >= 11 is 0. The van der Waals surface area contributed by atoms with Gasteiger partial charge in [-0.2, -0.15) is 0 Å². The van der Waals surface area contributed by atoms with Crippen LogP contribution in [0.3, 0.4) is 0 Å². The highest BCUT2D eigenvalue weighted by Gasteiger charge is 2.10. The quantitative estimate of drug-likeness (QED) is 0.623. The molecule has 0 aromatic rings. The molecular formula is C10H21N. The third-order valence-electron chi connectivity index (χ3n) is 1.67. The first-order chi connectivity index (χ1) is 4.95. The third kappa shape index (κ3) is 7.60. The first kappa shape index (κ1) is 10.7. The molecule has 0 aliphatic heterocycles. The van der Waals surface area contributed by atoms with Crippen LogP contribution in [-0.4, -0.2) is 6.04 Å². The molecule has 0 saturated carbocycles. The molecule has 1 heteroatoms. The highest BCUT2D eigenvalue weighted by molar-refractivity contribution is 4.89. The van der Waals surface area contributed by atoms with Gasteiger partial charge in [-0.1, -0.05) is 32.9 Å².